The topological polar surface area (TPSA) is 67.4 Å². The van der Waals surface area contributed by atoms with E-state index in [9.17, 15) is 4.79 Å². The number of rotatable bonds is 2. The molecule has 0 saturated carbocycles. The summed E-state index contributed by atoms with van der Waals surface area (Å²) < 4.78 is 5.37. The number of amides is 1. The van der Waals surface area contributed by atoms with Crippen LogP contribution in [-0.4, -0.2) is 40.3 Å². The molecule has 1 N–H and O–H groups in total. The zero-order valence-corrected chi connectivity index (χ0v) is 16.2. The van der Waals surface area contributed by atoms with Gasteiger partial charge in [-0.2, -0.15) is 0 Å². The number of aromatic nitrogens is 2. The maximum absolute atomic E-state index is 12.0. The summed E-state index contributed by atoms with van der Waals surface area (Å²) in [7, 11) is 0. The fourth-order valence-corrected chi connectivity index (χ4v) is 3.48. The maximum Gasteiger partial charge on any atom is 0.407 e. The Balaban J connectivity index is 1.72. The summed E-state index contributed by atoms with van der Waals surface area (Å²) in [6.07, 6.45) is 3.01. The average Bonchev–Trinajstić information content (AvgIpc) is 2.53. The van der Waals surface area contributed by atoms with E-state index < -0.39 is 5.60 Å². The molecule has 0 spiro atoms. The summed E-state index contributed by atoms with van der Waals surface area (Å²) in [5.74, 6) is 0.974. The van der Waals surface area contributed by atoms with Gasteiger partial charge in [0.2, 0.25) is 0 Å². The molecular weight excluding hydrogens is 328 g/mol. The van der Waals surface area contributed by atoms with Crippen LogP contribution >= 0.6 is 0 Å². The van der Waals surface area contributed by atoms with Gasteiger partial charge in [-0.05, 0) is 59.6 Å². The van der Waals surface area contributed by atoms with Crippen LogP contribution in [0.2, 0.25) is 0 Å². The van der Waals surface area contributed by atoms with Gasteiger partial charge in [0, 0.05) is 24.0 Å². The van der Waals surface area contributed by atoms with Crippen molar-refractivity contribution in [2.24, 2.45) is 0 Å². The van der Waals surface area contributed by atoms with Crippen molar-refractivity contribution in [3.05, 3.63) is 30.1 Å². The minimum absolute atomic E-state index is 0.117. The number of carbonyl (C=O) groups is 1. The highest BCUT2D eigenvalue weighted by Gasteiger charge is 2.29. The molecular formula is C20H28N4O2. The van der Waals surface area contributed by atoms with E-state index in [-0.39, 0.29) is 18.2 Å². The fourth-order valence-electron chi connectivity index (χ4n) is 3.48. The minimum Gasteiger partial charge on any atom is -0.444 e. The Morgan fingerprint density at radius 3 is 2.77 bits per heavy atom. The number of nitrogens with one attached hydrogen (secondary N) is 1. The van der Waals surface area contributed by atoms with Gasteiger partial charge in [-0.3, -0.25) is 0 Å². The second-order valence-corrected chi connectivity index (χ2v) is 8.13. The van der Waals surface area contributed by atoms with Crippen molar-refractivity contribution in [3.63, 3.8) is 0 Å². The monoisotopic (exact) mass is 356 g/mol. The van der Waals surface area contributed by atoms with Crippen LogP contribution in [0, 0.1) is 6.92 Å². The van der Waals surface area contributed by atoms with Crippen LogP contribution in [0.5, 0.6) is 0 Å². The van der Waals surface area contributed by atoms with E-state index in [0.29, 0.717) is 0 Å². The number of ether oxygens (including phenoxy) is 1. The Kier molecular flexibility index (Phi) is 5.03. The van der Waals surface area contributed by atoms with E-state index in [1.807, 2.05) is 26.8 Å². The first-order chi connectivity index (χ1) is 12.2. The van der Waals surface area contributed by atoms with Crippen LogP contribution in [0.1, 0.15) is 46.1 Å². The Bertz CT molecular complexity index is 800. The van der Waals surface area contributed by atoms with Gasteiger partial charge in [-0.25, -0.2) is 14.8 Å². The smallest absolute Gasteiger partial charge is 0.407 e. The van der Waals surface area contributed by atoms with E-state index in [0.717, 1.165) is 36.1 Å². The quantitative estimate of drug-likeness (QED) is 0.886. The number of fused-ring (bicyclic) bond motifs is 1. The van der Waals surface area contributed by atoms with Gasteiger partial charge in [0.1, 0.15) is 17.7 Å². The zero-order chi connectivity index (χ0) is 18.9. The van der Waals surface area contributed by atoms with Gasteiger partial charge in [0.25, 0.3) is 0 Å². The van der Waals surface area contributed by atoms with Gasteiger partial charge >= 0.3 is 6.09 Å². The van der Waals surface area contributed by atoms with Crippen molar-refractivity contribution in [1.29, 1.82) is 0 Å². The molecule has 1 aliphatic rings. The summed E-state index contributed by atoms with van der Waals surface area (Å²) in [5.41, 5.74) is 1.68. The SMILES string of the molecule is Cc1ccc2ncnc(N3CCC(NC(=O)OC(C)(C)C)CC3C)c2c1. The first-order valence-electron chi connectivity index (χ1n) is 9.20. The van der Waals surface area contributed by atoms with Gasteiger partial charge in [-0.1, -0.05) is 11.6 Å². The first kappa shape index (κ1) is 18.4. The average molecular weight is 356 g/mol. The zero-order valence-electron chi connectivity index (χ0n) is 16.2. The van der Waals surface area contributed by atoms with Gasteiger partial charge in [-0.15, -0.1) is 0 Å². The van der Waals surface area contributed by atoms with Gasteiger partial charge in [0.15, 0.2) is 0 Å². The molecule has 1 aromatic heterocycles. The van der Waals surface area contributed by atoms with E-state index in [2.05, 4.69) is 46.2 Å². The molecule has 140 valence electrons. The van der Waals surface area contributed by atoms with Crippen molar-refractivity contribution in [2.75, 3.05) is 11.4 Å². The molecule has 2 heterocycles. The number of carbonyl (C=O) groups excluding carboxylic acids is 1. The van der Waals surface area contributed by atoms with Crippen LogP contribution in [0.15, 0.2) is 24.5 Å². The number of benzene rings is 1. The van der Waals surface area contributed by atoms with Crippen LogP contribution in [0.25, 0.3) is 10.9 Å². The van der Waals surface area contributed by atoms with Crippen molar-refractivity contribution >= 4 is 22.8 Å². The number of hydrogen-bond donors (Lipinski definition) is 1. The Morgan fingerprint density at radius 1 is 1.31 bits per heavy atom. The summed E-state index contributed by atoms with van der Waals surface area (Å²) in [4.78, 5) is 23.3. The largest absolute Gasteiger partial charge is 0.444 e. The molecule has 1 amide bonds. The van der Waals surface area contributed by atoms with Crippen LogP contribution in [-0.2, 0) is 4.74 Å². The summed E-state index contributed by atoms with van der Waals surface area (Å²) in [6.45, 7) is 10.7. The number of nitrogens with zero attached hydrogens (tertiary/aromatic N) is 3. The van der Waals surface area contributed by atoms with Crippen LogP contribution in [0.3, 0.4) is 0 Å². The van der Waals surface area contributed by atoms with Gasteiger partial charge in [0.05, 0.1) is 5.52 Å². The molecule has 2 aromatic rings. The Hall–Kier alpha value is -2.37. The predicted octanol–water partition coefficient (Wildman–Crippen LogP) is 3.82. The number of piperidine rings is 1. The molecule has 0 radical (unpaired) electrons. The Morgan fingerprint density at radius 2 is 2.08 bits per heavy atom. The molecule has 1 saturated heterocycles. The second kappa shape index (κ2) is 7.09. The molecule has 1 fully saturated rings. The molecule has 3 rings (SSSR count). The summed E-state index contributed by atoms with van der Waals surface area (Å²) in [5, 5.41) is 4.08. The molecule has 1 aliphatic heterocycles. The molecule has 2 unspecified atom stereocenters. The normalized spacial score (nSPS) is 20.9. The van der Waals surface area contributed by atoms with Crippen molar-refractivity contribution in [2.45, 2.75) is 65.1 Å². The summed E-state index contributed by atoms with van der Waals surface area (Å²) in [6, 6.07) is 6.63. The molecule has 1 aromatic carbocycles. The number of hydrogen-bond acceptors (Lipinski definition) is 5. The first-order valence-corrected chi connectivity index (χ1v) is 9.20. The predicted molar refractivity (Wildman–Crippen MR) is 103 cm³/mol. The third-order valence-corrected chi connectivity index (χ3v) is 4.64. The Labute approximate surface area is 155 Å². The van der Waals surface area contributed by atoms with E-state index in [1.165, 1.54) is 5.56 Å². The molecule has 6 heteroatoms. The fraction of sp³-hybridized carbons (Fsp3) is 0.550. The molecule has 0 aliphatic carbocycles. The lowest BCUT2D eigenvalue weighted by Gasteiger charge is -2.39. The number of anilines is 1. The highest BCUT2D eigenvalue weighted by atomic mass is 16.6. The highest BCUT2D eigenvalue weighted by Crippen LogP contribution is 2.29. The lowest BCUT2D eigenvalue weighted by molar-refractivity contribution is 0.0494. The third-order valence-electron chi connectivity index (χ3n) is 4.64. The lowest BCUT2D eigenvalue weighted by Crippen LogP contribution is -2.50. The number of aryl methyl sites for hydroxylation is 1. The maximum atomic E-state index is 12.0. The van der Waals surface area contributed by atoms with Crippen molar-refractivity contribution in [3.8, 4) is 0 Å². The minimum atomic E-state index is -0.478. The van der Waals surface area contributed by atoms with Crippen LogP contribution < -0.4 is 10.2 Å². The molecule has 0 bridgehead atoms. The van der Waals surface area contributed by atoms with E-state index in [1.54, 1.807) is 6.33 Å². The number of alkyl carbamates (subject to hydrolysis) is 1. The standard InChI is InChI=1S/C20H28N4O2/c1-13-6-7-17-16(10-13)18(22-12-21-17)24-9-8-15(11-14(24)2)23-19(25)26-20(3,4)5/h6-7,10,12,14-15H,8-9,11H2,1-5H3,(H,23,25). The molecule has 26 heavy (non-hydrogen) atoms. The highest BCUT2D eigenvalue weighted by molar-refractivity contribution is 5.90. The lowest BCUT2D eigenvalue weighted by atomic mass is 9.98. The van der Waals surface area contributed by atoms with Gasteiger partial charge < -0.3 is 15.0 Å². The molecule has 2 atom stereocenters. The molecule has 6 nitrogen and oxygen atoms in total. The van der Waals surface area contributed by atoms with Crippen molar-refractivity contribution in [1.82, 2.24) is 15.3 Å². The van der Waals surface area contributed by atoms with E-state index in [4.69, 9.17) is 4.74 Å². The second-order valence-electron chi connectivity index (χ2n) is 8.13. The van der Waals surface area contributed by atoms with Crippen LogP contribution in [0.4, 0.5) is 10.6 Å². The van der Waals surface area contributed by atoms with E-state index >= 15 is 0 Å². The van der Waals surface area contributed by atoms with Crippen molar-refractivity contribution < 1.29 is 9.53 Å². The third kappa shape index (κ3) is 4.23. The summed E-state index contributed by atoms with van der Waals surface area (Å²) >= 11 is 0.